The first kappa shape index (κ1) is 14.7. The molecule has 0 saturated carbocycles. The van der Waals surface area contributed by atoms with Gasteiger partial charge >= 0.3 is 0 Å². The summed E-state index contributed by atoms with van der Waals surface area (Å²) in [4.78, 5) is 10.3. The minimum Gasteiger partial charge on any atom is -0.372 e. The van der Waals surface area contributed by atoms with Crippen LogP contribution in [0.5, 0.6) is 0 Å². The van der Waals surface area contributed by atoms with E-state index in [1.807, 2.05) is 48.8 Å². The molecule has 3 nitrogen and oxygen atoms in total. The number of rotatable bonds is 3. The zero-order valence-electron chi connectivity index (χ0n) is 11.1. The van der Waals surface area contributed by atoms with Gasteiger partial charge in [0.25, 0.3) is 0 Å². The van der Waals surface area contributed by atoms with Gasteiger partial charge in [-0.1, -0.05) is 30.3 Å². The second kappa shape index (κ2) is 6.25. The van der Waals surface area contributed by atoms with Crippen molar-refractivity contribution in [3.8, 4) is 22.0 Å². The Bertz CT molecular complexity index is 772. The highest BCUT2D eigenvalue weighted by Gasteiger charge is 2.15. The average molecular weight is 425 g/mol. The van der Waals surface area contributed by atoms with Crippen molar-refractivity contribution < 1.29 is 0 Å². The standard InChI is InChI=1S/C15H11Br2N3S/c1-18-15-12(17)13(9-5-3-2-4-6-9)19-14(20-15)11-7-10(16)8-21-11/h2-8H,1H3,(H,18,19,20). The minimum atomic E-state index is 0.720. The van der Waals surface area contributed by atoms with Gasteiger partial charge in [0.15, 0.2) is 5.82 Å². The Morgan fingerprint density at radius 3 is 2.48 bits per heavy atom. The molecule has 3 rings (SSSR count). The molecule has 6 heteroatoms. The van der Waals surface area contributed by atoms with Gasteiger partial charge in [-0.25, -0.2) is 9.97 Å². The molecule has 0 spiro atoms. The maximum Gasteiger partial charge on any atom is 0.172 e. The molecule has 2 aromatic heterocycles. The lowest BCUT2D eigenvalue weighted by Gasteiger charge is -2.10. The predicted molar refractivity (Wildman–Crippen MR) is 95.7 cm³/mol. The number of nitrogens with zero attached hydrogens (tertiary/aromatic N) is 2. The van der Waals surface area contributed by atoms with Gasteiger partial charge in [-0.15, -0.1) is 11.3 Å². The van der Waals surface area contributed by atoms with Gasteiger partial charge in [-0.3, -0.25) is 0 Å². The summed E-state index contributed by atoms with van der Waals surface area (Å²) in [5.41, 5.74) is 1.94. The van der Waals surface area contributed by atoms with Crippen LogP contribution in [0.15, 0.2) is 50.7 Å². The Hall–Kier alpha value is -1.24. The normalized spacial score (nSPS) is 10.6. The molecule has 2 heterocycles. The molecule has 0 atom stereocenters. The van der Waals surface area contributed by atoms with E-state index in [4.69, 9.17) is 4.98 Å². The monoisotopic (exact) mass is 423 g/mol. The first-order chi connectivity index (χ1) is 10.2. The fourth-order valence-corrected chi connectivity index (χ4v) is 3.91. The van der Waals surface area contributed by atoms with Gasteiger partial charge in [0.05, 0.1) is 15.0 Å². The van der Waals surface area contributed by atoms with Crippen LogP contribution in [0.2, 0.25) is 0 Å². The second-order valence-corrected chi connectivity index (χ2v) is 6.92. The molecule has 0 unspecified atom stereocenters. The molecule has 0 radical (unpaired) electrons. The molecule has 21 heavy (non-hydrogen) atoms. The molecule has 0 saturated heterocycles. The number of halogens is 2. The van der Waals surface area contributed by atoms with E-state index in [9.17, 15) is 0 Å². The lowest BCUT2D eigenvalue weighted by Crippen LogP contribution is -2.00. The van der Waals surface area contributed by atoms with Crippen molar-refractivity contribution in [2.75, 3.05) is 12.4 Å². The van der Waals surface area contributed by atoms with E-state index in [2.05, 4.69) is 42.2 Å². The van der Waals surface area contributed by atoms with Crippen LogP contribution < -0.4 is 5.32 Å². The van der Waals surface area contributed by atoms with E-state index in [1.165, 1.54) is 0 Å². The Kier molecular flexibility index (Phi) is 4.37. The highest BCUT2D eigenvalue weighted by molar-refractivity contribution is 9.11. The third-order valence-corrected chi connectivity index (χ3v) is 5.36. The van der Waals surface area contributed by atoms with Crippen molar-refractivity contribution in [1.82, 2.24) is 9.97 Å². The summed E-state index contributed by atoms with van der Waals surface area (Å²) in [5.74, 6) is 1.50. The van der Waals surface area contributed by atoms with Crippen LogP contribution in [0.3, 0.4) is 0 Å². The molecule has 1 aromatic carbocycles. The highest BCUT2D eigenvalue weighted by atomic mass is 79.9. The first-order valence-electron chi connectivity index (χ1n) is 6.24. The van der Waals surface area contributed by atoms with Gasteiger partial charge in [0, 0.05) is 22.5 Å². The second-order valence-electron chi connectivity index (χ2n) is 4.30. The van der Waals surface area contributed by atoms with E-state index in [1.54, 1.807) is 11.3 Å². The molecule has 0 bridgehead atoms. The minimum absolute atomic E-state index is 0.720. The highest BCUT2D eigenvalue weighted by Crippen LogP contribution is 2.35. The number of hydrogen-bond donors (Lipinski definition) is 1. The number of aromatic nitrogens is 2. The van der Waals surface area contributed by atoms with Crippen molar-refractivity contribution in [1.29, 1.82) is 0 Å². The number of nitrogens with one attached hydrogen (secondary N) is 1. The molecule has 1 N–H and O–H groups in total. The van der Waals surface area contributed by atoms with E-state index in [0.29, 0.717) is 0 Å². The molecule has 106 valence electrons. The van der Waals surface area contributed by atoms with Crippen molar-refractivity contribution in [3.63, 3.8) is 0 Å². The lowest BCUT2D eigenvalue weighted by molar-refractivity contribution is 1.16. The Morgan fingerprint density at radius 1 is 1.10 bits per heavy atom. The predicted octanol–water partition coefficient (Wildman–Crippen LogP) is 5.44. The van der Waals surface area contributed by atoms with Gasteiger partial charge in [0.2, 0.25) is 0 Å². The number of hydrogen-bond acceptors (Lipinski definition) is 4. The van der Waals surface area contributed by atoms with Gasteiger partial charge < -0.3 is 5.32 Å². The number of anilines is 1. The quantitative estimate of drug-likeness (QED) is 0.608. The van der Waals surface area contributed by atoms with Gasteiger partial charge in [-0.05, 0) is 37.9 Å². The lowest BCUT2D eigenvalue weighted by atomic mass is 10.1. The SMILES string of the molecule is CNc1nc(-c2cc(Br)cs2)nc(-c2ccccc2)c1Br. The molecule has 0 amide bonds. The molecule has 0 fully saturated rings. The molecular formula is C15H11Br2N3S. The third-order valence-electron chi connectivity index (χ3n) is 2.92. The Morgan fingerprint density at radius 2 is 1.86 bits per heavy atom. The molecular weight excluding hydrogens is 414 g/mol. The van der Waals surface area contributed by atoms with Crippen molar-refractivity contribution in [3.05, 3.63) is 50.7 Å². The molecule has 0 aliphatic rings. The number of thiophene rings is 1. The third kappa shape index (κ3) is 3.02. The zero-order valence-corrected chi connectivity index (χ0v) is 15.1. The summed E-state index contributed by atoms with van der Waals surface area (Å²) in [6, 6.07) is 12.1. The Balaban J connectivity index is 2.20. The van der Waals surface area contributed by atoms with E-state index in [0.717, 1.165) is 36.7 Å². The molecule has 0 aliphatic heterocycles. The summed E-state index contributed by atoms with van der Waals surface area (Å²) < 4.78 is 1.91. The maximum absolute atomic E-state index is 4.73. The smallest absolute Gasteiger partial charge is 0.172 e. The summed E-state index contributed by atoms with van der Waals surface area (Å²) in [5, 5.41) is 5.15. The fourth-order valence-electron chi connectivity index (χ4n) is 1.94. The Labute approximate surface area is 143 Å². The van der Waals surface area contributed by atoms with Crippen molar-refractivity contribution >= 4 is 49.0 Å². The van der Waals surface area contributed by atoms with Crippen LogP contribution in [0, 0.1) is 0 Å². The zero-order chi connectivity index (χ0) is 14.8. The molecule has 3 aromatic rings. The topological polar surface area (TPSA) is 37.8 Å². The summed E-state index contributed by atoms with van der Waals surface area (Å²) in [7, 11) is 1.86. The maximum atomic E-state index is 4.73. The van der Waals surface area contributed by atoms with Crippen molar-refractivity contribution in [2.45, 2.75) is 0 Å². The van der Waals surface area contributed by atoms with E-state index < -0.39 is 0 Å². The fraction of sp³-hybridized carbons (Fsp3) is 0.0667. The van der Waals surface area contributed by atoms with E-state index >= 15 is 0 Å². The number of benzene rings is 1. The van der Waals surface area contributed by atoms with Crippen molar-refractivity contribution in [2.24, 2.45) is 0 Å². The average Bonchev–Trinajstić information content (AvgIpc) is 2.95. The van der Waals surface area contributed by atoms with Crippen LogP contribution in [0.25, 0.3) is 22.0 Å². The summed E-state index contributed by atoms with van der Waals surface area (Å²) in [6.45, 7) is 0. The van der Waals surface area contributed by atoms with Gasteiger partial charge in [-0.2, -0.15) is 0 Å². The first-order valence-corrected chi connectivity index (χ1v) is 8.70. The van der Waals surface area contributed by atoms with E-state index in [-0.39, 0.29) is 0 Å². The van der Waals surface area contributed by atoms with Crippen LogP contribution in [-0.4, -0.2) is 17.0 Å². The largest absolute Gasteiger partial charge is 0.372 e. The molecule has 0 aliphatic carbocycles. The van der Waals surface area contributed by atoms with Crippen LogP contribution in [0.4, 0.5) is 5.82 Å². The van der Waals surface area contributed by atoms with Crippen LogP contribution in [0.1, 0.15) is 0 Å². The van der Waals surface area contributed by atoms with Crippen LogP contribution >= 0.6 is 43.2 Å². The summed E-state index contributed by atoms with van der Waals surface area (Å²) in [6.07, 6.45) is 0. The van der Waals surface area contributed by atoms with Crippen LogP contribution in [-0.2, 0) is 0 Å². The summed E-state index contributed by atoms with van der Waals surface area (Å²) >= 11 is 8.69. The van der Waals surface area contributed by atoms with Gasteiger partial charge in [0.1, 0.15) is 5.82 Å².